The highest BCUT2D eigenvalue weighted by Gasteiger charge is 2.30. The maximum Gasteiger partial charge on any atom is 0.119 e. The summed E-state index contributed by atoms with van der Waals surface area (Å²) in [5.41, 5.74) is 14.1. The van der Waals surface area contributed by atoms with E-state index < -0.39 is 0 Å². The van der Waals surface area contributed by atoms with Gasteiger partial charge in [-0.3, -0.25) is 0 Å². The van der Waals surface area contributed by atoms with Gasteiger partial charge in [-0.1, -0.05) is 175 Å². The lowest BCUT2D eigenvalue weighted by Gasteiger charge is -2.28. The van der Waals surface area contributed by atoms with E-state index >= 15 is 0 Å². The van der Waals surface area contributed by atoms with Crippen LogP contribution in [0.4, 0.5) is 34.1 Å². The molecule has 0 saturated carbocycles. The Bertz CT molecular complexity index is 4040. The number of hydrogen-bond donors (Lipinski definition) is 0. The van der Waals surface area contributed by atoms with Gasteiger partial charge in [-0.25, -0.2) is 0 Å². The van der Waals surface area contributed by atoms with Gasteiger partial charge in [0.05, 0.1) is 23.6 Å². The summed E-state index contributed by atoms with van der Waals surface area (Å²) in [6.45, 7) is 22.0. The van der Waals surface area contributed by atoms with Crippen molar-refractivity contribution >= 4 is 98.8 Å². The fourth-order valence-corrected chi connectivity index (χ4v) is 12.6. The molecule has 13 aromatic rings. The Balaban J connectivity index is 1.12. The van der Waals surface area contributed by atoms with Gasteiger partial charge >= 0.3 is 0 Å². The Kier molecular flexibility index (Phi) is 12.3. The van der Waals surface area contributed by atoms with E-state index in [9.17, 15) is 0 Å². The molecule has 4 heteroatoms. The standard InChI is InChI=1S/C76H68N2O2/c1-47(2)79-57-39-35-55(36-40-57)77(53-31-27-51(28-32-53)75(5,6)7)65-45-43-63-69-59(65)23-17-25-61(69)71-67(49-19-13-11-14-20-49)72-62-26-18-24-60-66(46-44-64(70(60)62)74(72)68(73(63)71)50-21-15-12-16-22-50)78(54-33-29-52(30-34-54)76(8,9)10)56-37-41-58(42-38-56)80-48(3)4/h11-48H,1-10H3. The van der Waals surface area contributed by atoms with Crippen molar-refractivity contribution in [1.82, 2.24) is 0 Å². The zero-order chi connectivity index (χ0) is 55.2. The minimum Gasteiger partial charge on any atom is -0.491 e. The summed E-state index contributed by atoms with van der Waals surface area (Å²) in [5.74, 6) is 1.72. The summed E-state index contributed by atoms with van der Waals surface area (Å²) in [6, 6.07) is 81.3. The van der Waals surface area contributed by atoms with Crippen molar-refractivity contribution in [1.29, 1.82) is 0 Å². The number of rotatable bonds is 12. The molecule has 0 aromatic heterocycles. The Morgan fingerprint density at radius 1 is 0.287 bits per heavy atom. The molecule has 0 fully saturated rings. The predicted octanol–water partition coefficient (Wildman–Crippen LogP) is 21.9. The van der Waals surface area contributed by atoms with Crippen LogP contribution in [0.3, 0.4) is 0 Å². The second-order valence-corrected chi connectivity index (χ2v) is 24.3. The molecule has 0 spiro atoms. The van der Waals surface area contributed by atoms with E-state index in [1.165, 1.54) is 98.0 Å². The van der Waals surface area contributed by atoms with Gasteiger partial charge in [-0.05, 0) is 211 Å². The smallest absolute Gasteiger partial charge is 0.119 e. The van der Waals surface area contributed by atoms with Crippen LogP contribution in [-0.2, 0) is 10.8 Å². The zero-order valence-corrected chi connectivity index (χ0v) is 47.7. The number of anilines is 6. The van der Waals surface area contributed by atoms with Crippen LogP contribution < -0.4 is 19.3 Å². The molecule has 0 atom stereocenters. The quantitative estimate of drug-likeness (QED) is 0.122. The summed E-state index contributed by atoms with van der Waals surface area (Å²) < 4.78 is 12.4. The van der Waals surface area contributed by atoms with Gasteiger partial charge < -0.3 is 19.3 Å². The highest BCUT2D eigenvalue weighted by atomic mass is 16.5. The molecule has 13 rings (SSSR count). The first-order chi connectivity index (χ1) is 38.6. The highest BCUT2D eigenvalue weighted by Crippen LogP contribution is 2.58. The molecular weight excluding hydrogens is 973 g/mol. The maximum atomic E-state index is 6.18. The Morgan fingerprint density at radius 2 is 0.588 bits per heavy atom. The van der Waals surface area contributed by atoms with Gasteiger partial charge in [-0.2, -0.15) is 0 Å². The van der Waals surface area contributed by atoms with E-state index in [1.54, 1.807) is 0 Å². The molecule has 0 aliphatic carbocycles. The van der Waals surface area contributed by atoms with Crippen LogP contribution in [0.2, 0.25) is 0 Å². The predicted molar refractivity (Wildman–Crippen MR) is 343 cm³/mol. The molecule has 0 bridgehead atoms. The van der Waals surface area contributed by atoms with Crippen molar-refractivity contribution in [2.24, 2.45) is 0 Å². The average Bonchev–Trinajstić information content (AvgIpc) is 3.88. The number of ether oxygens (including phenoxy) is 2. The topological polar surface area (TPSA) is 24.9 Å². The average molecular weight is 1040 g/mol. The molecule has 4 nitrogen and oxygen atoms in total. The van der Waals surface area contributed by atoms with E-state index in [0.717, 1.165) is 45.6 Å². The van der Waals surface area contributed by atoms with E-state index in [1.807, 2.05) is 0 Å². The summed E-state index contributed by atoms with van der Waals surface area (Å²) in [5, 5.41) is 15.0. The maximum absolute atomic E-state index is 6.18. The zero-order valence-electron chi connectivity index (χ0n) is 47.7. The Hall–Kier alpha value is -8.86. The number of benzene rings is 11. The summed E-state index contributed by atoms with van der Waals surface area (Å²) >= 11 is 0. The Morgan fingerprint density at radius 3 is 0.900 bits per heavy atom. The van der Waals surface area contributed by atoms with E-state index in [4.69, 9.17) is 9.47 Å². The van der Waals surface area contributed by atoms with Crippen LogP contribution in [-0.4, -0.2) is 12.2 Å². The van der Waals surface area contributed by atoms with Crippen LogP contribution in [0.25, 0.3) is 86.9 Å². The molecule has 0 heterocycles. The van der Waals surface area contributed by atoms with Gasteiger partial charge in [0.2, 0.25) is 0 Å². The number of hydrogen-bond acceptors (Lipinski definition) is 4. The van der Waals surface area contributed by atoms with Crippen LogP contribution >= 0.6 is 0 Å². The van der Waals surface area contributed by atoms with Crippen molar-refractivity contribution in [2.75, 3.05) is 9.80 Å². The van der Waals surface area contributed by atoms with Crippen molar-refractivity contribution in [3.63, 3.8) is 0 Å². The van der Waals surface area contributed by atoms with Crippen LogP contribution in [0.15, 0.2) is 218 Å². The molecule has 0 amide bonds. The fraction of sp³-hybridized carbons (Fsp3) is 0.184. The number of fused-ring (bicyclic) bond motifs is 6. The fourth-order valence-electron chi connectivity index (χ4n) is 12.6. The van der Waals surface area contributed by atoms with Crippen molar-refractivity contribution in [3.05, 3.63) is 230 Å². The van der Waals surface area contributed by atoms with E-state index in [2.05, 4.69) is 297 Å². The minimum atomic E-state index is 0.0176. The third-order valence-electron chi connectivity index (χ3n) is 16.1. The van der Waals surface area contributed by atoms with Gasteiger partial charge in [-0.15, -0.1) is 0 Å². The summed E-state index contributed by atoms with van der Waals surface area (Å²) in [7, 11) is 0. The minimum absolute atomic E-state index is 0.0176. The molecule has 0 aliphatic rings. The lowest BCUT2D eigenvalue weighted by molar-refractivity contribution is 0.242. The molecule has 0 saturated heterocycles. The largest absolute Gasteiger partial charge is 0.491 e. The second-order valence-electron chi connectivity index (χ2n) is 24.3. The van der Waals surface area contributed by atoms with Gasteiger partial charge in [0, 0.05) is 33.5 Å². The SMILES string of the molecule is CC(C)Oc1ccc(N(c2ccc(C(C)(C)C)cc2)c2ccc3c4c(-c5ccccc5)c5c6ccc(N(c7ccc(OC(C)C)cc7)c7ccc(C(C)(C)C)cc7)c7cccc(c5c(-c5ccccc5)c4c4cccc2c43)c76)cc1. The molecule has 0 aliphatic heterocycles. The summed E-state index contributed by atoms with van der Waals surface area (Å²) in [4.78, 5) is 4.86. The first kappa shape index (κ1) is 50.6. The van der Waals surface area contributed by atoms with Crippen molar-refractivity contribution < 1.29 is 9.47 Å². The molecular formula is C76H68N2O2. The molecule has 0 N–H and O–H groups in total. The first-order valence-corrected chi connectivity index (χ1v) is 28.4. The third-order valence-corrected chi connectivity index (χ3v) is 16.1. The van der Waals surface area contributed by atoms with Gasteiger partial charge in [0.25, 0.3) is 0 Å². The normalized spacial score (nSPS) is 12.3. The van der Waals surface area contributed by atoms with Crippen molar-refractivity contribution in [2.45, 2.75) is 92.3 Å². The van der Waals surface area contributed by atoms with Crippen LogP contribution in [0.1, 0.15) is 80.4 Å². The molecule has 0 unspecified atom stereocenters. The van der Waals surface area contributed by atoms with E-state index in [0.29, 0.717) is 0 Å². The third kappa shape index (κ3) is 8.61. The number of nitrogens with zero attached hydrogens (tertiary/aromatic N) is 2. The summed E-state index contributed by atoms with van der Waals surface area (Å²) in [6.07, 6.45) is 0.154. The Labute approximate surface area is 471 Å². The van der Waals surface area contributed by atoms with Crippen LogP contribution in [0.5, 0.6) is 11.5 Å². The molecule has 394 valence electrons. The lowest BCUT2D eigenvalue weighted by atomic mass is 9.87. The monoisotopic (exact) mass is 1040 g/mol. The lowest BCUT2D eigenvalue weighted by Crippen LogP contribution is -2.13. The molecule has 0 radical (unpaired) electrons. The van der Waals surface area contributed by atoms with Crippen molar-refractivity contribution in [3.8, 4) is 33.8 Å². The highest BCUT2D eigenvalue weighted by molar-refractivity contribution is 6.47. The molecule has 80 heavy (non-hydrogen) atoms. The first-order valence-electron chi connectivity index (χ1n) is 28.4. The van der Waals surface area contributed by atoms with Gasteiger partial charge in [0.15, 0.2) is 0 Å². The van der Waals surface area contributed by atoms with Gasteiger partial charge in [0.1, 0.15) is 11.5 Å². The molecule has 13 aromatic carbocycles. The van der Waals surface area contributed by atoms with Crippen LogP contribution in [0, 0.1) is 0 Å². The second kappa shape index (κ2) is 19.5. The van der Waals surface area contributed by atoms with E-state index in [-0.39, 0.29) is 23.0 Å².